The molecule has 5 nitrogen and oxygen atoms in total. The SMILES string of the molecule is CCCCCCC.CCOC(=O)C(CO)CC(=O)O. The first-order chi connectivity index (χ1) is 9.03. The fraction of sp³-hybridized carbons (Fsp3) is 0.857. The van der Waals surface area contributed by atoms with Gasteiger partial charge in [0, 0.05) is 0 Å². The summed E-state index contributed by atoms with van der Waals surface area (Å²) in [6.45, 7) is 5.80. The number of unbranched alkanes of at least 4 members (excludes halogenated alkanes) is 4. The highest BCUT2D eigenvalue weighted by Crippen LogP contribution is 2.04. The number of hydrogen-bond acceptors (Lipinski definition) is 4. The zero-order valence-electron chi connectivity index (χ0n) is 12.4. The second kappa shape index (κ2) is 15.0. The van der Waals surface area contributed by atoms with Gasteiger partial charge in [0.1, 0.15) is 0 Å². The van der Waals surface area contributed by atoms with E-state index in [4.69, 9.17) is 10.2 Å². The quantitative estimate of drug-likeness (QED) is 0.499. The van der Waals surface area contributed by atoms with E-state index in [1.165, 1.54) is 32.1 Å². The minimum absolute atomic E-state index is 0.189. The summed E-state index contributed by atoms with van der Waals surface area (Å²) in [5.74, 6) is -2.73. The summed E-state index contributed by atoms with van der Waals surface area (Å²) in [6, 6.07) is 0. The molecule has 5 heteroatoms. The van der Waals surface area contributed by atoms with Crippen molar-refractivity contribution in [3.8, 4) is 0 Å². The summed E-state index contributed by atoms with van der Waals surface area (Å²) < 4.78 is 4.53. The molecule has 0 saturated carbocycles. The third kappa shape index (κ3) is 14.8. The van der Waals surface area contributed by atoms with Crippen LogP contribution in [-0.4, -0.2) is 35.4 Å². The molecular formula is C14H28O5. The Balaban J connectivity index is 0. The molecule has 0 aliphatic heterocycles. The van der Waals surface area contributed by atoms with Crippen molar-refractivity contribution in [1.82, 2.24) is 0 Å². The predicted molar refractivity (Wildman–Crippen MR) is 73.9 cm³/mol. The molecule has 114 valence electrons. The van der Waals surface area contributed by atoms with Crippen molar-refractivity contribution in [1.29, 1.82) is 0 Å². The van der Waals surface area contributed by atoms with E-state index in [1.54, 1.807) is 6.92 Å². The van der Waals surface area contributed by atoms with Crippen molar-refractivity contribution in [3.63, 3.8) is 0 Å². The van der Waals surface area contributed by atoms with E-state index in [0.717, 1.165) is 0 Å². The Bertz CT molecular complexity index is 224. The summed E-state index contributed by atoms with van der Waals surface area (Å²) >= 11 is 0. The van der Waals surface area contributed by atoms with Gasteiger partial charge in [-0.25, -0.2) is 0 Å². The van der Waals surface area contributed by atoms with Gasteiger partial charge in [-0.15, -0.1) is 0 Å². The van der Waals surface area contributed by atoms with Crippen molar-refractivity contribution in [2.45, 2.75) is 59.3 Å². The van der Waals surface area contributed by atoms with Gasteiger partial charge < -0.3 is 14.9 Å². The minimum Gasteiger partial charge on any atom is -0.481 e. The monoisotopic (exact) mass is 276 g/mol. The third-order valence-corrected chi connectivity index (χ3v) is 2.47. The minimum atomic E-state index is -1.12. The second-order valence-corrected chi connectivity index (χ2v) is 4.29. The molecule has 0 saturated heterocycles. The molecule has 0 aliphatic carbocycles. The van der Waals surface area contributed by atoms with Gasteiger partial charge in [0.15, 0.2) is 0 Å². The largest absolute Gasteiger partial charge is 0.481 e. The topological polar surface area (TPSA) is 83.8 Å². The molecule has 0 fully saturated rings. The lowest BCUT2D eigenvalue weighted by Crippen LogP contribution is -2.24. The van der Waals surface area contributed by atoms with Gasteiger partial charge in [-0.2, -0.15) is 0 Å². The van der Waals surface area contributed by atoms with E-state index < -0.39 is 30.9 Å². The normalized spacial score (nSPS) is 11.2. The number of ether oxygens (including phenoxy) is 1. The third-order valence-electron chi connectivity index (χ3n) is 2.47. The molecule has 0 heterocycles. The molecule has 0 aromatic carbocycles. The maximum Gasteiger partial charge on any atom is 0.311 e. The Labute approximate surface area is 116 Å². The first-order valence-corrected chi connectivity index (χ1v) is 7.02. The molecule has 0 radical (unpaired) electrons. The van der Waals surface area contributed by atoms with Gasteiger partial charge in [0.25, 0.3) is 0 Å². The van der Waals surface area contributed by atoms with Crippen molar-refractivity contribution in [2.24, 2.45) is 5.92 Å². The fourth-order valence-corrected chi connectivity index (χ4v) is 1.37. The van der Waals surface area contributed by atoms with Crippen LogP contribution in [0.5, 0.6) is 0 Å². The van der Waals surface area contributed by atoms with Crippen LogP contribution in [0.25, 0.3) is 0 Å². The Morgan fingerprint density at radius 1 is 1.05 bits per heavy atom. The Kier molecular flexibility index (Phi) is 15.9. The molecule has 19 heavy (non-hydrogen) atoms. The molecule has 0 aromatic heterocycles. The summed E-state index contributed by atoms with van der Waals surface area (Å²) in [5, 5.41) is 16.9. The number of carboxylic acid groups (broad SMARTS) is 1. The molecule has 0 rings (SSSR count). The molecule has 0 bridgehead atoms. The van der Waals surface area contributed by atoms with E-state index in [2.05, 4.69) is 18.6 Å². The number of carbonyl (C=O) groups is 2. The average molecular weight is 276 g/mol. The summed E-state index contributed by atoms with van der Waals surface area (Å²) in [5.41, 5.74) is 0. The zero-order chi connectivity index (χ0) is 15.1. The van der Waals surface area contributed by atoms with E-state index >= 15 is 0 Å². The molecule has 0 aliphatic rings. The molecular weight excluding hydrogens is 248 g/mol. The summed E-state index contributed by atoms with van der Waals surface area (Å²) in [6.07, 6.45) is 6.62. The Hall–Kier alpha value is -1.10. The van der Waals surface area contributed by atoms with E-state index in [9.17, 15) is 9.59 Å². The highest BCUT2D eigenvalue weighted by Gasteiger charge is 2.21. The van der Waals surface area contributed by atoms with Crippen molar-refractivity contribution < 1.29 is 24.5 Å². The van der Waals surface area contributed by atoms with Gasteiger partial charge in [-0.05, 0) is 6.92 Å². The van der Waals surface area contributed by atoms with Gasteiger partial charge in [-0.1, -0.05) is 46.0 Å². The fourth-order valence-electron chi connectivity index (χ4n) is 1.37. The van der Waals surface area contributed by atoms with Crippen LogP contribution in [0.3, 0.4) is 0 Å². The summed E-state index contributed by atoms with van der Waals surface area (Å²) in [4.78, 5) is 21.0. The summed E-state index contributed by atoms with van der Waals surface area (Å²) in [7, 11) is 0. The van der Waals surface area contributed by atoms with Crippen molar-refractivity contribution in [2.75, 3.05) is 13.2 Å². The highest BCUT2D eigenvalue weighted by atomic mass is 16.5. The smallest absolute Gasteiger partial charge is 0.311 e. The van der Waals surface area contributed by atoms with Crippen LogP contribution < -0.4 is 0 Å². The van der Waals surface area contributed by atoms with Crippen molar-refractivity contribution >= 4 is 11.9 Å². The lowest BCUT2D eigenvalue weighted by Gasteiger charge is -2.09. The number of hydrogen-bond donors (Lipinski definition) is 2. The van der Waals surface area contributed by atoms with Crippen LogP contribution in [0.15, 0.2) is 0 Å². The number of esters is 1. The van der Waals surface area contributed by atoms with Crippen LogP contribution in [0.1, 0.15) is 59.3 Å². The maximum absolute atomic E-state index is 10.9. The van der Waals surface area contributed by atoms with Crippen LogP contribution in [0, 0.1) is 5.92 Å². The zero-order valence-corrected chi connectivity index (χ0v) is 12.4. The number of aliphatic hydroxyl groups excluding tert-OH is 1. The van der Waals surface area contributed by atoms with E-state index in [1.807, 2.05) is 0 Å². The van der Waals surface area contributed by atoms with Crippen LogP contribution in [0.2, 0.25) is 0 Å². The predicted octanol–water partition coefficient (Wildman–Crippen LogP) is 2.61. The maximum atomic E-state index is 10.9. The Morgan fingerprint density at radius 2 is 1.58 bits per heavy atom. The number of aliphatic hydroxyl groups is 1. The molecule has 0 aromatic rings. The highest BCUT2D eigenvalue weighted by molar-refractivity contribution is 5.79. The Morgan fingerprint density at radius 3 is 1.89 bits per heavy atom. The van der Waals surface area contributed by atoms with Crippen LogP contribution in [0.4, 0.5) is 0 Å². The van der Waals surface area contributed by atoms with Gasteiger partial charge in [-0.3, -0.25) is 9.59 Å². The molecule has 1 unspecified atom stereocenters. The molecule has 1 atom stereocenters. The number of carboxylic acids is 1. The number of carbonyl (C=O) groups excluding carboxylic acids is 1. The lowest BCUT2D eigenvalue weighted by molar-refractivity contribution is -0.154. The van der Waals surface area contributed by atoms with Gasteiger partial charge >= 0.3 is 11.9 Å². The molecule has 0 spiro atoms. The molecule has 2 N–H and O–H groups in total. The second-order valence-electron chi connectivity index (χ2n) is 4.29. The van der Waals surface area contributed by atoms with Gasteiger partial charge in [0.05, 0.1) is 25.6 Å². The van der Waals surface area contributed by atoms with Crippen molar-refractivity contribution in [3.05, 3.63) is 0 Å². The van der Waals surface area contributed by atoms with Crippen LogP contribution >= 0.6 is 0 Å². The lowest BCUT2D eigenvalue weighted by atomic mass is 10.1. The average Bonchev–Trinajstić information content (AvgIpc) is 2.37. The number of rotatable bonds is 9. The molecule has 0 amide bonds. The van der Waals surface area contributed by atoms with E-state index in [-0.39, 0.29) is 6.61 Å². The van der Waals surface area contributed by atoms with Crippen LogP contribution in [-0.2, 0) is 14.3 Å². The van der Waals surface area contributed by atoms with E-state index in [0.29, 0.717) is 0 Å². The standard InChI is InChI=1S/C7H12O5.C7H16/c1-2-12-7(11)5(4-8)3-6(9)10;1-3-5-7-6-4-2/h5,8H,2-4H2,1H3,(H,9,10);3-7H2,1-2H3. The first-order valence-electron chi connectivity index (χ1n) is 7.02. The first kappa shape index (κ1) is 20.2. The number of aliphatic carboxylic acids is 1. The van der Waals surface area contributed by atoms with Gasteiger partial charge in [0.2, 0.25) is 0 Å².